The molecule has 22 heavy (non-hydrogen) atoms. The molecule has 122 valence electrons. The Balaban J connectivity index is 1.80. The van der Waals surface area contributed by atoms with Crippen molar-refractivity contribution in [2.75, 3.05) is 20.3 Å². The minimum atomic E-state index is -1.03. The standard InChI is InChI=1S/C15H22N2O5/c1-22-10-4-2-9(3-5-10)6-13(19)16-7-11-14(20)15(21)12(8-18)17-11/h2-5,11-12,14-15,17-18,20-21H,6-8H2,1H3,(H,16,19)/t11-,12-,14-,15+/m1/s1. The molecule has 0 spiro atoms. The predicted molar refractivity (Wildman–Crippen MR) is 79.5 cm³/mol. The summed E-state index contributed by atoms with van der Waals surface area (Å²) in [6.45, 7) is -0.0851. The van der Waals surface area contributed by atoms with Gasteiger partial charge in [-0.15, -0.1) is 0 Å². The summed E-state index contributed by atoms with van der Waals surface area (Å²) in [5.41, 5.74) is 0.853. The van der Waals surface area contributed by atoms with E-state index < -0.39 is 24.3 Å². The summed E-state index contributed by atoms with van der Waals surface area (Å²) in [7, 11) is 1.58. The van der Waals surface area contributed by atoms with Crippen molar-refractivity contribution >= 4 is 5.91 Å². The number of ether oxygens (including phenoxy) is 1. The summed E-state index contributed by atoms with van der Waals surface area (Å²) in [5.74, 6) is 0.549. The van der Waals surface area contributed by atoms with E-state index in [1.165, 1.54) is 0 Å². The van der Waals surface area contributed by atoms with E-state index in [1.54, 1.807) is 19.2 Å². The number of hydrogen-bond acceptors (Lipinski definition) is 6. The van der Waals surface area contributed by atoms with Crippen molar-refractivity contribution in [2.45, 2.75) is 30.7 Å². The zero-order chi connectivity index (χ0) is 16.1. The molecule has 0 aromatic heterocycles. The van der Waals surface area contributed by atoms with Gasteiger partial charge in [0.2, 0.25) is 5.91 Å². The number of methoxy groups -OCH3 is 1. The van der Waals surface area contributed by atoms with Crippen LogP contribution in [0.4, 0.5) is 0 Å². The summed E-state index contributed by atoms with van der Waals surface area (Å²) >= 11 is 0. The first kappa shape index (κ1) is 16.7. The van der Waals surface area contributed by atoms with Crippen LogP contribution in [-0.2, 0) is 11.2 Å². The molecule has 1 heterocycles. The summed E-state index contributed by atoms with van der Waals surface area (Å²) in [5, 5.41) is 34.2. The Kier molecular flexibility index (Phi) is 5.73. The van der Waals surface area contributed by atoms with Crippen molar-refractivity contribution < 1.29 is 24.9 Å². The van der Waals surface area contributed by atoms with E-state index >= 15 is 0 Å². The van der Waals surface area contributed by atoms with E-state index in [1.807, 2.05) is 12.1 Å². The van der Waals surface area contributed by atoms with Gasteiger partial charge in [-0.1, -0.05) is 12.1 Å². The Morgan fingerprint density at radius 3 is 2.41 bits per heavy atom. The zero-order valence-electron chi connectivity index (χ0n) is 12.4. The summed E-state index contributed by atoms with van der Waals surface area (Å²) < 4.78 is 5.05. The summed E-state index contributed by atoms with van der Waals surface area (Å²) in [6.07, 6.45) is -1.83. The van der Waals surface area contributed by atoms with Gasteiger partial charge in [0.25, 0.3) is 0 Å². The van der Waals surface area contributed by atoms with Crippen LogP contribution in [0.15, 0.2) is 24.3 Å². The Hall–Kier alpha value is -1.67. The Morgan fingerprint density at radius 1 is 1.23 bits per heavy atom. The number of aliphatic hydroxyl groups is 3. The average Bonchev–Trinajstić information content (AvgIpc) is 2.81. The third-order valence-electron chi connectivity index (χ3n) is 3.84. The zero-order valence-corrected chi connectivity index (χ0v) is 12.4. The SMILES string of the molecule is COc1ccc(CC(=O)NC[C@H]2N[C@H](CO)[C@H](O)[C@@H]2O)cc1. The number of aliphatic hydroxyl groups excluding tert-OH is 3. The predicted octanol–water partition coefficient (Wildman–Crippen LogP) is -1.59. The van der Waals surface area contributed by atoms with Crippen LogP contribution in [0, 0.1) is 0 Å². The molecule has 1 amide bonds. The minimum Gasteiger partial charge on any atom is -0.497 e. The van der Waals surface area contributed by atoms with Crippen LogP contribution in [0.2, 0.25) is 0 Å². The lowest BCUT2D eigenvalue weighted by Crippen LogP contribution is -2.44. The van der Waals surface area contributed by atoms with Crippen molar-refractivity contribution in [1.29, 1.82) is 0 Å². The van der Waals surface area contributed by atoms with Gasteiger partial charge in [0.1, 0.15) is 5.75 Å². The van der Waals surface area contributed by atoms with Crippen molar-refractivity contribution in [3.05, 3.63) is 29.8 Å². The van der Waals surface area contributed by atoms with Crippen LogP contribution in [0.3, 0.4) is 0 Å². The fourth-order valence-electron chi connectivity index (χ4n) is 2.50. The van der Waals surface area contributed by atoms with Gasteiger partial charge in [0.05, 0.1) is 44.4 Å². The van der Waals surface area contributed by atoms with Crippen molar-refractivity contribution in [3.63, 3.8) is 0 Å². The molecule has 0 saturated carbocycles. The second kappa shape index (κ2) is 7.55. The topological polar surface area (TPSA) is 111 Å². The lowest BCUT2D eigenvalue weighted by molar-refractivity contribution is -0.120. The van der Waals surface area contributed by atoms with Crippen LogP contribution in [0.1, 0.15) is 5.56 Å². The molecule has 0 bridgehead atoms. The van der Waals surface area contributed by atoms with Gasteiger partial charge >= 0.3 is 0 Å². The average molecular weight is 310 g/mol. The molecule has 1 aliphatic rings. The highest BCUT2D eigenvalue weighted by atomic mass is 16.5. The monoisotopic (exact) mass is 310 g/mol. The maximum Gasteiger partial charge on any atom is 0.224 e. The molecule has 5 N–H and O–H groups in total. The van der Waals surface area contributed by atoms with E-state index in [9.17, 15) is 15.0 Å². The smallest absolute Gasteiger partial charge is 0.224 e. The van der Waals surface area contributed by atoms with Gasteiger partial charge < -0.3 is 30.7 Å². The normalized spacial score (nSPS) is 27.6. The first-order valence-electron chi connectivity index (χ1n) is 7.17. The van der Waals surface area contributed by atoms with Crippen LogP contribution < -0.4 is 15.4 Å². The molecule has 2 rings (SSSR count). The molecule has 1 aromatic rings. The van der Waals surface area contributed by atoms with Crippen molar-refractivity contribution in [3.8, 4) is 5.75 Å². The first-order valence-corrected chi connectivity index (χ1v) is 7.17. The third-order valence-corrected chi connectivity index (χ3v) is 3.84. The van der Waals surface area contributed by atoms with Gasteiger partial charge in [-0.2, -0.15) is 0 Å². The van der Waals surface area contributed by atoms with Crippen molar-refractivity contribution in [2.24, 2.45) is 0 Å². The molecule has 7 heteroatoms. The van der Waals surface area contributed by atoms with Gasteiger partial charge in [-0.3, -0.25) is 4.79 Å². The van der Waals surface area contributed by atoms with E-state index in [0.29, 0.717) is 0 Å². The Labute approximate surface area is 128 Å². The van der Waals surface area contributed by atoms with Gasteiger partial charge in [-0.05, 0) is 17.7 Å². The minimum absolute atomic E-state index is 0.180. The number of benzene rings is 1. The second-order valence-electron chi connectivity index (χ2n) is 5.37. The Morgan fingerprint density at radius 2 is 1.86 bits per heavy atom. The van der Waals surface area contributed by atoms with E-state index in [4.69, 9.17) is 9.84 Å². The maximum atomic E-state index is 11.9. The van der Waals surface area contributed by atoms with Gasteiger partial charge in [-0.25, -0.2) is 0 Å². The fourth-order valence-corrected chi connectivity index (χ4v) is 2.50. The molecular weight excluding hydrogens is 288 g/mol. The quantitative estimate of drug-likeness (QED) is 0.433. The number of carbonyl (C=O) groups excluding carboxylic acids is 1. The summed E-state index contributed by atoms with van der Waals surface area (Å²) in [6, 6.07) is 6.14. The molecule has 1 fully saturated rings. The number of rotatable bonds is 6. The lowest BCUT2D eigenvalue weighted by Gasteiger charge is -2.16. The lowest BCUT2D eigenvalue weighted by atomic mass is 10.1. The second-order valence-corrected chi connectivity index (χ2v) is 5.37. The molecule has 0 unspecified atom stereocenters. The number of carbonyl (C=O) groups is 1. The molecule has 4 atom stereocenters. The molecule has 1 aliphatic heterocycles. The van der Waals surface area contributed by atoms with Gasteiger partial charge in [0.15, 0.2) is 0 Å². The van der Waals surface area contributed by atoms with Crippen LogP contribution in [-0.4, -0.2) is 65.8 Å². The molecule has 1 aromatic carbocycles. The van der Waals surface area contributed by atoms with Crippen LogP contribution >= 0.6 is 0 Å². The fraction of sp³-hybridized carbons (Fsp3) is 0.533. The van der Waals surface area contributed by atoms with Crippen molar-refractivity contribution in [1.82, 2.24) is 10.6 Å². The molecular formula is C15H22N2O5. The third kappa shape index (κ3) is 3.95. The van der Waals surface area contributed by atoms with Crippen LogP contribution in [0.5, 0.6) is 5.75 Å². The molecule has 0 aliphatic carbocycles. The molecule has 7 nitrogen and oxygen atoms in total. The molecule has 1 saturated heterocycles. The van der Waals surface area contributed by atoms with E-state index in [0.717, 1.165) is 11.3 Å². The van der Waals surface area contributed by atoms with E-state index in [2.05, 4.69) is 10.6 Å². The number of hydrogen-bond donors (Lipinski definition) is 5. The number of amides is 1. The molecule has 0 radical (unpaired) electrons. The van der Waals surface area contributed by atoms with Crippen LogP contribution in [0.25, 0.3) is 0 Å². The van der Waals surface area contributed by atoms with Gasteiger partial charge in [0, 0.05) is 6.54 Å². The highest BCUT2D eigenvalue weighted by molar-refractivity contribution is 5.78. The largest absolute Gasteiger partial charge is 0.497 e. The van der Waals surface area contributed by atoms with E-state index in [-0.39, 0.29) is 25.5 Å². The highest BCUT2D eigenvalue weighted by Crippen LogP contribution is 2.14. The first-order chi connectivity index (χ1) is 10.5. The maximum absolute atomic E-state index is 11.9. The number of nitrogens with one attached hydrogen (secondary N) is 2. The summed E-state index contributed by atoms with van der Waals surface area (Å²) in [4.78, 5) is 11.9. The highest BCUT2D eigenvalue weighted by Gasteiger charge is 2.40. The Bertz CT molecular complexity index is 493.